The van der Waals surface area contributed by atoms with E-state index in [1.54, 1.807) is 15.9 Å². The average molecular weight is 836 g/mol. The molecule has 1 fully saturated rings. The predicted molar refractivity (Wildman–Crippen MR) is 228 cm³/mol. The summed E-state index contributed by atoms with van der Waals surface area (Å²) >= 11 is 1.44. The van der Waals surface area contributed by atoms with Crippen molar-refractivity contribution in [3.63, 3.8) is 0 Å². The SMILES string of the molecule is CC(C)(C)OC(=O)N(CCCCCC(=O)Nc1ccn(C2CSC(COC(=O)CCCCCN(Cc3ccccc3)C(=O)OC(C)(C)C)O2)c(=O)n1)Cc1ccccc1. The third-order valence-electron chi connectivity index (χ3n) is 8.90. The van der Waals surface area contributed by atoms with E-state index < -0.39 is 28.6 Å². The Balaban J connectivity index is 1.12. The van der Waals surface area contributed by atoms with Crippen molar-refractivity contribution >= 4 is 41.6 Å². The number of benzene rings is 2. The van der Waals surface area contributed by atoms with Gasteiger partial charge in [0.05, 0.1) is 0 Å². The van der Waals surface area contributed by atoms with Crippen LogP contribution in [0, 0.1) is 0 Å². The van der Waals surface area contributed by atoms with Crippen molar-refractivity contribution in [2.24, 2.45) is 0 Å². The first-order valence-corrected chi connectivity index (χ1v) is 21.4. The normalized spacial score (nSPS) is 15.3. The van der Waals surface area contributed by atoms with Gasteiger partial charge in [0.2, 0.25) is 5.91 Å². The summed E-state index contributed by atoms with van der Waals surface area (Å²) in [7, 11) is 0. The maximum Gasteiger partial charge on any atom is 0.410 e. The number of aromatic nitrogens is 2. The van der Waals surface area contributed by atoms with E-state index in [2.05, 4.69) is 10.3 Å². The number of amides is 3. The van der Waals surface area contributed by atoms with E-state index in [-0.39, 0.29) is 49.3 Å². The zero-order valence-electron chi connectivity index (χ0n) is 35.4. The lowest BCUT2D eigenvalue weighted by Gasteiger charge is -2.27. The first-order valence-electron chi connectivity index (χ1n) is 20.4. The molecule has 4 rings (SSSR count). The Labute approximate surface area is 352 Å². The molecular weight excluding hydrogens is 775 g/mol. The van der Waals surface area contributed by atoms with Gasteiger partial charge in [-0.15, -0.1) is 11.8 Å². The first kappa shape index (κ1) is 46.8. The van der Waals surface area contributed by atoms with Crippen molar-refractivity contribution in [3.8, 4) is 0 Å². The summed E-state index contributed by atoms with van der Waals surface area (Å²) in [5.41, 5.74) is -0.196. The summed E-state index contributed by atoms with van der Waals surface area (Å²) < 4.78 is 24.0. The maximum absolute atomic E-state index is 12.9. The van der Waals surface area contributed by atoms with Gasteiger partial charge >= 0.3 is 23.8 Å². The van der Waals surface area contributed by atoms with Gasteiger partial charge in [0.1, 0.15) is 35.3 Å². The fourth-order valence-corrected chi connectivity index (χ4v) is 7.05. The second-order valence-corrected chi connectivity index (χ2v) is 17.7. The van der Waals surface area contributed by atoms with Gasteiger partial charge in [-0.25, -0.2) is 14.4 Å². The molecule has 3 amide bonds. The highest BCUT2D eigenvalue weighted by Gasteiger charge is 2.29. The molecule has 0 aliphatic carbocycles. The number of carbonyl (C=O) groups excluding carboxylic acids is 4. The Morgan fingerprint density at radius 2 is 1.29 bits per heavy atom. The summed E-state index contributed by atoms with van der Waals surface area (Å²) in [5.74, 6) is 0.0164. The van der Waals surface area contributed by atoms with Crippen molar-refractivity contribution in [1.82, 2.24) is 19.4 Å². The Kier molecular flexibility index (Phi) is 18.3. The quantitative estimate of drug-likeness (QED) is 0.0663. The fourth-order valence-electron chi connectivity index (χ4n) is 6.06. The number of ether oxygens (including phenoxy) is 4. The number of hydrogen-bond acceptors (Lipinski definition) is 11. The minimum Gasteiger partial charge on any atom is -0.462 e. The molecule has 0 spiro atoms. The van der Waals surface area contributed by atoms with Crippen LogP contribution in [0.3, 0.4) is 0 Å². The summed E-state index contributed by atoms with van der Waals surface area (Å²) in [5, 5.41) is 2.70. The third kappa shape index (κ3) is 17.9. The molecule has 1 aliphatic rings. The molecule has 14 nitrogen and oxygen atoms in total. The van der Waals surface area contributed by atoms with Crippen LogP contribution in [0.25, 0.3) is 0 Å². The number of anilines is 1. The average Bonchev–Trinajstić information content (AvgIpc) is 3.64. The minimum absolute atomic E-state index is 0.0475. The van der Waals surface area contributed by atoms with E-state index in [1.807, 2.05) is 102 Å². The molecule has 2 unspecified atom stereocenters. The molecule has 0 saturated carbocycles. The standard InChI is InChI=1S/C44H61N5O9S/c1-43(2,3)57-41(53)47(29-33-19-11-7-12-20-33)26-17-9-15-23-36(50)45-35-25-28-49(40(52)46-35)37-32-59-39(56-37)31-55-38(51)24-16-10-18-27-48(42(54)58-44(4,5)6)30-34-21-13-8-14-22-34/h7-8,11-14,19-22,25,28,37,39H,9-10,15-18,23-24,26-27,29-32H2,1-6H3,(H,45,46,50,52). The Morgan fingerprint density at radius 3 is 1.80 bits per heavy atom. The van der Waals surface area contributed by atoms with Crippen LogP contribution in [-0.4, -0.2) is 85.5 Å². The summed E-state index contributed by atoms with van der Waals surface area (Å²) in [4.78, 5) is 71.1. The van der Waals surface area contributed by atoms with Crippen LogP contribution in [0.2, 0.25) is 0 Å². The summed E-state index contributed by atoms with van der Waals surface area (Å²) in [6, 6.07) is 21.0. The van der Waals surface area contributed by atoms with Gasteiger partial charge in [0.15, 0.2) is 0 Å². The van der Waals surface area contributed by atoms with Crippen LogP contribution in [0.4, 0.5) is 15.4 Å². The Hall–Kier alpha value is -4.89. The van der Waals surface area contributed by atoms with Crippen LogP contribution < -0.4 is 11.0 Å². The zero-order valence-corrected chi connectivity index (χ0v) is 36.2. The molecule has 322 valence electrons. The van der Waals surface area contributed by atoms with Crippen LogP contribution in [0.15, 0.2) is 77.7 Å². The topological polar surface area (TPSA) is 159 Å². The van der Waals surface area contributed by atoms with Crippen LogP contribution in [0.1, 0.15) is 110 Å². The number of nitrogens with one attached hydrogen (secondary N) is 1. The van der Waals surface area contributed by atoms with Gasteiger partial charge in [-0.1, -0.05) is 73.5 Å². The molecule has 2 heterocycles. The van der Waals surface area contributed by atoms with E-state index in [0.29, 0.717) is 57.6 Å². The molecule has 3 aromatic rings. The third-order valence-corrected chi connectivity index (χ3v) is 9.99. The number of unbranched alkanes of at least 4 members (excludes halogenated alkanes) is 4. The first-order chi connectivity index (χ1) is 28.0. The lowest BCUT2D eigenvalue weighted by molar-refractivity contribution is -0.147. The largest absolute Gasteiger partial charge is 0.462 e. The number of thioether (sulfide) groups is 1. The van der Waals surface area contributed by atoms with Crippen LogP contribution in [-0.2, 0) is 41.6 Å². The fraction of sp³-hybridized carbons (Fsp3) is 0.545. The number of esters is 1. The van der Waals surface area contributed by atoms with Gasteiger partial charge in [-0.05, 0) is 84.4 Å². The second-order valence-electron chi connectivity index (χ2n) is 16.5. The highest BCUT2D eigenvalue weighted by Crippen LogP contribution is 2.31. The monoisotopic (exact) mass is 835 g/mol. The molecule has 1 aliphatic heterocycles. The molecule has 2 atom stereocenters. The molecular formula is C44H61N5O9S. The van der Waals surface area contributed by atoms with Crippen molar-refractivity contribution in [1.29, 1.82) is 0 Å². The van der Waals surface area contributed by atoms with Crippen molar-refractivity contribution in [2.75, 3.05) is 30.8 Å². The molecule has 2 aromatic carbocycles. The van der Waals surface area contributed by atoms with E-state index in [0.717, 1.165) is 24.0 Å². The number of hydrogen-bond donors (Lipinski definition) is 1. The van der Waals surface area contributed by atoms with E-state index in [4.69, 9.17) is 18.9 Å². The molecule has 59 heavy (non-hydrogen) atoms. The lowest BCUT2D eigenvalue weighted by atomic mass is 10.1. The molecule has 1 N–H and O–H groups in total. The van der Waals surface area contributed by atoms with Gasteiger partial charge in [0, 0.05) is 51.0 Å². The van der Waals surface area contributed by atoms with Gasteiger partial charge < -0.3 is 34.1 Å². The van der Waals surface area contributed by atoms with E-state index in [9.17, 15) is 24.0 Å². The maximum atomic E-state index is 12.9. The number of carbonyl (C=O) groups is 4. The molecule has 15 heteroatoms. The molecule has 1 aromatic heterocycles. The van der Waals surface area contributed by atoms with Crippen LogP contribution >= 0.6 is 11.8 Å². The summed E-state index contributed by atoms with van der Waals surface area (Å²) in [6.45, 7) is 13.0. The Morgan fingerprint density at radius 1 is 0.763 bits per heavy atom. The second kappa shape index (κ2) is 23.0. The van der Waals surface area contributed by atoms with Gasteiger partial charge in [-0.2, -0.15) is 4.98 Å². The smallest absolute Gasteiger partial charge is 0.410 e. The van der Waals surface area contributed by atoms with Crippen molar-refractivity contribution < 1.29 is 38.1 Å². The van der Waals surface area contributed by atoms with Crippen molar-refractivity contribution in [3.05, 3.63) is 94.5 Å². The summed E-state index contributed by atoms with van der Waals surface area (Å²) in [6.07, 6.45) is 4.74. The van der Waals surface area contributed by atoms with Crippen molar-refractivity contribution in [2.45, 2.75) is 129 Å². The number of nitrogens with zero attached hydrogens (tertiary/aromatic N) is 4. The highest BCUT2D eigenvalue weighted by atomic mass is 32.2. The lowest BCUT2D eigenvalue weighted by Crippen LogP contribution is -2.37. The zero-order chi connectivity index (χ0) is 42.8. The highest BCUT2D eigenvalue weighted by molar-refractivity contribution is 8.00. The van der Waals surface area contributed by atoms with Gasteiger partial charge in [-0.3, -0.25) is 14.2 Å². The Bertz CT molecular complexity index is 1850. The molecule has 0 radical (unpaired) electrons. The molecule has 0 bridgehead atoms. The minimum atomic E-state index is -0.607. The molecule has 1 saturated heterocycles. The van der Waals surface area contributed by atoms with Gasteiger partial charge in [0.25, 0.3) is 0 Å². The van der Waals surface area contributed by atoms with E-state index in [1.165, 1.54) is 22.5 Å². The predicted octanol–water partition coefficient (Wildman–Crippen LogP) is 8.31. The van der Waals surface area contributed by atoms with Crippen LogP contribution in [0.5, 0.6) is 0 Å². The number of rotatable bonds is 20. The van der Waals surface area contributed by atoms with E-state index >= 15 is 0 Å².